The molecule has 2 aromatic rings. The predicted octanol–water partition coefficient (Wildman–Crippen LogP) is 4.15. The van der Waals surface area contributed by atoms with Gasteiger partial charge >= 0.3 is 0 Å². The Morgan fingerprint density at radius 1 is 1.19 bits per heavy atom. The minimum Gasteiger partial charge on any atom is -0.385 e. The van der Waals surface area contributed by atoms with Gasteiger partial charge in [0.1, 0.15) is 0 Å². The Morgan fingerprint density at radius 2 is 1.95 bits per heavy atom. The molecule has 0 bridgehead atoms. The molecular formula is C16H23N3OS. The van der Waals surface area contributed by atoms with Crippen molar-refractivity contribution in [2.75, 3.05) is 11.9 Å². The van der Waals surface area contributed by atoms with Crippen LogP contribution >= 0.6 is 11.8 Å². The summed E-state index contributed by atoms with van der Waals surface area (Å²) >= 11 is 1.83. The second kappa shape index (κ2) is 7.50. The van der Waals surface area contributed by atoms with Crippen LogP contribution in [-0.2, 0) is 12.2 Å². The monoisotopic (exact) mass is 305 g/mol. The number of nitrogens with one attached hydrogen (secondary N) is 1. The average molecular weight is 305 g/mol. The largest absolute Gasteiger partial charge is 0.385 e. The predicted molar refractivity (Wildman–Crippen MR) is 88.6 cm³/mol. The number of anilines is 1. The van der Waals surface area contributed by atoms with Gasteiger partial charge in [0, 0.05) is 23.4 Å². The lowest BCUT2D eigenvalue weighted by atomic mass is 10.3. The van der Waals surface area contributed by atoms with Gasteiger partial charge in [-0.3, -0.25) is 0 Å². The molecule has 0 aliphatic rings. The molecule has 0 aliphatic heterocycles. The molecule has 0 fully saturated rings. The zero-order chi connectivity index (χ0) is 15.1. The summed E-state index contributed by atoms with van der Waals surface area (Å²) in [5.41, 5.74) is 1.14. The van der Waals surface area contributed by atoms with E-state index in [0.717, 1.165) is 42.5 Å². The third kappa shape index (κ3) is 6.21. The lowest BCUT2D eigenvalue weighted by Gasteiger charge is -2.15. The highest BCUT2D eigenvalue weighted by Gasteiger charge is 2.13. The van der Waals surface area contributed by atoms with Crippen molar-refractivity contribution in [3.63, 3.8) is 0 Å². The number of hydrogen-bond donors (Lipinski definition) is 1. The zero-order valence-corrected chi connectivity index (χ0v) is 13.7. The number of aryl methyl sites for hydroxylation is 1. The van der Waals surface area contributed by atoms with Crippen molar-refractivity contribution >= 4 is 17.4 Å². The molecule has 0 saturated carbocycles. The van der Waals surface area contributed by atoms with Gasteiger partial charge in [0.2, 0.25) is 5.89 Å². The first-order chi connectivity index (χ1) is 10.0. The van der Waals surface area contributed by atoms with Gasteiger partial charge in [-0.05, 0) is 18.6 Å². The van der Waals surface area contributed by atoms with Gasteiger partial charge < -0.3 is 9.84 Å². The van der Waals surface area contributed by atoms with Crippen LogP contribution in [0.15, 0.2) is 34.9 Å². The molecule has 2 rings (SSSR count). The van der Waals surface area contributed by atoms with Gasteiger partial charge in [0.15, 0.2) is 5.82 Å². The number of rotatable bonds is 7. The van der Waals surface area contributed by atoms with Gasteiger partial charge in [-0.15, -0.1) is 11.8 Å². The van der Waals surface area contributed by atoms with Crippen LogP contribution in [0.2, 0.25) is 0 Å². The Kier molecular flexibility index (Phi) is 5.67. The highest BCUT2D eigenvalue weighted by molar-refractivity contribution is 7.99. The molecule has 0 spiro atoms. The molecule has 1 aromatic heterocycles. The number of benzene rings is 1. The maximum absolute atomic E-state index is 5.28. The average Bonchev–Trinajstić information content (AvgIpc) is 2.90. The van der Waals surface area contributed by atoms with Gasteiger partial charge in [0.05, 0.1) is 5.75 Å². The van der Waals surface area contributed by atoms with E-state index in [0.29, 0.717) is 0 Å². The second-order valence-corrected chi connectivity index (χ2v) is 7.70. The van der Waals surface area contributed by atoms with Crippen LogP contribution in [0.1, 0.15) is 38.9 Å². The maximum Gasteiger partial charge on any atom is 0.226 e. The summed E-state index contributed by atoms with van der Waals surface area (Å²) in [5, 5.41) is 7.40. The minimum atomic E-state index is 0.223. The summed E-state index contributed by atoms with van der Waals surface area (Å²) < 4.78 is 5.50. The molecule has 0 unspecified atom stereocenters. The summed E-state index contributed by atoms with van der Waals surface area (Å²) in [6.45, 7) is 7.47. The van der Waals surface area contributed by atoms with Crippen LogP contribution in [0, 0.1) is 0 Å². The minimum absolute atomic E-state index is 0.223. The fourth-order valence-corrected chi connectivity index (χ4v) is 2.44. The lowest BCUT2D eigenvalue weighted by molar-refractivity contribution is 0.373. The number of nitrogens with zero attached hydrogens (tertiary/aromatic N) is 2. The smallest absolute Gasteiger partial charge is 0.226 e. The Hall–Kier alpha value is -1.49. The number of aromatic nitrogens is 2. The SMILES string of the molecule is CC(C)(C)SCc1noc(CCCNc2ccccc2)n1. The highest BCUT2D eigenvalue weighted by Crippen LogP contribution is 2.26. The van der Waals surface area contributed by atoms with Gasteiger partial charge in [-0.25, -0.2) is 0 Å². The quantitative estimate of drug-likeness (QED) is 0.779. The number of thioether (sulfide) groups is 1. The standard InChI is InChI=1S/C16H23N3OS/c1-16(2,3)21-12-14-18-15(20-19-14)10-7-11-17-13-8-5-4-6-9-13/h4-6,8-9,17H,7,10-12H2,1-3H3. The van der Waals surface area contributed by atoms with Crippen LogP contribution in [0.5, 0.6) is 0 Å². The van der Waals surface area contributed by atoms with Gasteiger partial charge in [-0.1, -0.05) is 44.1 Å². The summed E-state index contributed by atoms with van der Waals surface area (Å²) in [4.78, 5) is 4.43. The summed E-state index contributed by atoms with van der Waals surface area (Å²) in [6, 6.07) is 10.2. The molecule has 5 heteroatoms. The molecule has 0 amide bonds. The topological polar surface area (TPSA) is 51.0 Å². The number of para-hydroxylation sites is 1. The normalized spacial score (nSPS) is 11.6. The first kappa shape index (κ1) is 15.9. The van der Waals surface area contributed by atoms with E-state index in [1.807, 2.05) is 30.0 Å². The van der Waals surface area contributed by atoms with Crippen molar-refractivity contribution in [3.8, 4) is 0 Å². The Labute approximate surface area is 130 Å². The summed E-state index contributed by atoms with van der Waals surface area (Å²) in [6.07, 6.45) is 1.79. The Morgan fingerprint density at radius 3 is 2.67 bits per heavy atom. The third-order valence-corrected chi connectivity index (χ3v) is 4.08. The molecule has 114 valence electrons. The van der Waals surface area contributed by atoms with Crippen LogP contribution < -0.4 is 5.32 Å². The first-order valence-corrected chi connectivity index (χ1v) is 8.26. The maximum atomic E-state index is 5.28. The van der Waals surface area contributed by atoms with E-state index in [1.165, 1.54) is 0 Å². The Bertz CT molecular complexity index is 534. The van der Waals surface area contributed by atoms with E-state index >= 15 is 0 Å². The van der Waals surface area contributed by atoms with Crippen molar-refractivity contribution in [1.82, 2.24) is 10.1 Å². The van der Waals surface area contributed by atoms with Crippen LogP contribution in [0.3, 0.4) is 0 Å². The fraction of sp³-hybridized carbons (Fsp3) is 0.500. The van der Waals surface area contributed by atoms with E-state index in [4.69, 9.17) is 4.52 Å². The molecule has 4 nitrogen and oxygen atoms in total. The third-order valence-electron chi connectivity index (χ3n) is 2.81. The van der Waals surface area contributed by atoms with Crippen LogP contribution in [0.4, 0.5) is 5.69 Å². The molecule has 21 heavy (non-hydrogen) atoms. The zero-order valence-electron chi connectivity index (χ0n) is 12.9. The van der Waals surface area contributed by atoms with Crippen LogP contribution in [-0.4, -0.2) is 21.4 Å². The molecule has 1 N–H and O–H groups in total. The molecule has 0 aliphatic carbocycles. The van der Waals surface area contributed by atoms with Crippen molar-refractivity contribution in [3.05, 3.63) is 42.0 Å². The van der Waals surface area contributed by atoms with E-state index in [2.05, 4.69) is 48.4 Å². The van der Waals surface area contributed by atoms with Gasteiger partial charge in [-0.2, -0.15) is 4.98 Å². The van der Waals surface area contributed by atoms with Crippen molar-refractivity contribution in [2.45, 2.75) is 44.1 Å². The molecule has 1 aromatic carbocycles. The lowest BCUT2D eigenvalue weighted by Crippen LogP contribution is -2.07. The van der Waals surface area contributed by atoms with Gasteiger partial charge in [0.25, 0.3) is 0 Å². The molecule has 0 atom stereocenters. The summed E-state index contributed by atoms with van der Waals surface area (Å²) in [5.74, 6) is 2.32. The number of hydrogen-bond acceptors (Lipinski definition) is 5. The highest BCUT2D eigenvalue weighted by atomic mass is 32.2. The van der Waals surface area contributed by atoms with Crippen LogP contribution in [0.25, 0.3) is 0 Å². The van der Waals surface area contributed by atoms with E-state index in [9.17, 15) is 0 Å². The van der Waals surface area contributed by atoms with Crippen molar-refractivity contribution in [1.29, 1.82) is 0 Å². The van der Waals surface area contributed by atoms with Crippen molar-refractivity contribution < 1.29 is 4.52 Å². The molecule has 1 heterocycles. The second-order valence-electron chi connectivity index (χ2n) is 5.90. The fourth-order valence-electron chi connectivity index (χ4n) is 1.76. The van der Waals surface area contributed by atoms with E-state index < -0.39 is 0 Å². The molecule has 0 radical (unpaired) electrons. The van der Waals surface area contributed by atoms with Crippen molar-refractivity contribution in [2.24, 2.45) is 0 Å². The summed E-state index contributed by atoms with van der Waals surface area (Å²) in [7, 11) is 0. The first-order valence-electron chi connectivity index (χ1n) is 7.27. The molecular weight excluding hydrogens is 282 g/mol. The van der Waals surface area contributed by atoms with E-state index in [-0.39, 0.29) is 4.75 Å². The molecule has 0 saturated heterocycles. The Balaban J connectivity index is 1.68. The van der Waals surface area contributed by atoms with E-state index in [1.54, 1.807) is 0 Å².